The average molecular weight is 521 g/mol. The zero-order chi connectivity index (χ0) is 27.0. The van der Waals surface area contributed by atoms with Crippen LogP contribution in [0.3, 0.4) is 0 Å². The lowest BCUT2D eigenvalue weighted by Gasteiger charge is -2.19. The Bertz CT molecular complexity index is 1420. The van der Waals surface area contributed by atoms with Gasteiger partial charge in [-0.2, -0.15) is 0 Å². The van der Waals surface area contributed by atoms with Crippen LogP contribution < -0.4 is 9.47 Å². The Morgan fingerprint density at radius 1 is 0.865 bits per heavy atom. The lowest BCUT2D eigenvalue weighted by molar-refractivity contribution is -0.131. The highest BCUT2D eigenvalue weighted by atomic mass is 32.2. The smallest absolute Gasteiger partial charge is 0.308 e. The summed E-state index contributed by atoms with van der Waals surface area (Å²) >= 11 is 0. The van der Waals surface area contributed by atoms with Crippen molar-refractivity contribution in [1.82, 2.24) is 0 Å². The van der Waals surface area contributed by atoms with E-state index in [9.17, 15) is 13.2 Å². The summed E-state index contributed by atoms with van der Waals surface area (Å²) in [6.07, 6.45) is 6.38. The second-order valence-corrected chi connectivity index (χ2v) is 11.2. The van der Waals surface area contributed by atoms with Crippen LogP contribution in [0.1, 0.15) is 51.7 Å². The van der Waals surface area contributed by atoms with Crippen LogP contribution in [-0.4, -0.2) is 26.7 Å². The fraction of sp³-hybridized carbons (Fsp3) is 0.323. The second kappa shape index (κ2) is 12.7. The molecule has 0 amide bonds. The Kier molecular flexibility index (Phi) is 9.70. The molecule has 196 valence electrons. The van der Waals surface area contributed by atoms with Crippen molar-refractivity contribution in [3.8, 4) is 11.5 Å². The molecule has 0 bridgehead atoms. The van der Waals surface area contributed by atoms with Crippen molar-refractivity contribution in [3.63, 3.8) is 0 Å². The Balaban J connectivity index is 1.77. The van der Waals surface area contributed by atoms with Crippen molar-refractivity contribution in [1.29, 1.82) is 0 Å². The minimum atomic E-state index is -3.33. The van der Waals surface area contributed by atoms with Crippen molar-refractivity contribution in [2.24, 2.45) is 0 Å². The Morgan fingerprint density at radius 2 is 1.49 bits per heavy atom. The summed E-state index contributed by atoms with van der Waals surface area (Å²) in [7, 11) is -3.33. The molecule has 0 aromatic heterocycles. The molecule has 0 heterocycles. The minimum Gasteiger partial charge on any atom is -0.493 e. The van der Waals surface area contributed by atoms with Gasteiger partial charge in [0.05, 0.1) is 17.3 Å². The van der Waals surface area contributed by atoms with Crippen LogP contribution in [-0.2, 0) is 21.1 Å². The lowest BCUT2D eigenvalue weighted by atomic mass is 9.95. The fourth-order valence-electron chi connectivity index (χ4n) is 4.38. The van der Waals surface area contributed by atoms with Gasteiger partial charge in [0.15, 0.2) is 9.84 Å². The number of benzene rings is 3. The molecule has 0 unspecified atom stereocenters. The Hall–Kier alpha value is -3.38. The third-order valence-corrected chi connectivity index (χ3v) is 8.05. The topological polar surface area (TPSA) is 69.7 Å². The van der Waals surface area contributed by atoms with E-state index in [1.165, 1.54) is 12.5 Å². The lowest BCUT2D eigenvalue weighted by Crippen LogP contribution is -2.07. The zero-order valence-corrected chi connectivity index (χ0v) is 23.2. The largest absolute Gasteiger partial charge is 0.493 e. The van der Waals surface area contributed by atoms with Gasteiger partial charge in [0, 0.05) is 23.3 Å². The molecular formula is C31H36O5S. The van der Waals surface area contributed by atoms with Gasteiger partial charge >= 0.3 is 5.97 Å². The molecule has 0 aliphatic carbocycles. The highest BCUT2D eigenvalue weighted by molar-refractivity contribution is 7.91. The summed E-state index contributed by atoms with van der Waals surface area (Å²) < 4.78 is 36.9. The highest BCUT2D eigenvalue weighted by Crippen LogP contribution is 2.41. The summed E-state index contributed by atoms with van der Waals surface area (Å²) in [4.78, 5) is 12.2. The summed E-state index contributed by atoms with van der Waals surface area (Å²) in [6, 6.07) is 16.4. The minimum absolute atomic E-state index is 0.0205. The van der Waals surface area contributed by atoms with Gasteiger partial charge in [-0.1, -0.05) is 65.8 Å². The van der Waals surface area contributed by atoms with E-state index in [2.05, 4.69) is 13.0 Å². The molecule has 37 heavy (non-hydrogen) atoms. The van der Waals surface area contributed by atoms with Crippen LogP contribution in [0.2, 0.25) is 0 Å². The number of hydrogen-bond donors (Lipinski definition) is 0. The summed E-state index contributed by atoms with van der Waals surface area (Å²) in [5, 5.41) is 1.78. The van der Waals surface area contributed by atoms with Gasteiger partial charge in [-0.3, -0.25) is 4.79 Å². The van der Waals surface area contributed by atoms with E-state index in [1.54, 1.807) is 24.3 Å². The number of hydrogen-bond acceptors (Lipinski definition) is 5. The van der Waals surface area contributed by atoms with Crippen molar-refractivity contribution < 1.29 is 22.7 Å². The van der Waals surface area contributed by atoms with Crippen LogP contribution in [0.5, 0.6) is 11.5 Å². The van der Waals surface area contributed by atoms with Crippen LogP contribution in [0, 0.1) is 6.92 Å². The molecule has 0 aliphatic heterocycles. The van der Waals surface area contributed by atoms with E-state index in [1.807, 2.05) is 57.2 Å². The maximum Gasteiger partial charge on any atom is 0.308 e. The van der Waals surface area contributed by atoms with E-state index in [4.69, 9.17) is 9.47 Å². The average Bonchev–Trinajstić information content (AvgIpc) is 2.86. The van der Waals surface area contributed by atoms with Crippen molar-refractivity contribution in [2.45, 2.75) is 58.8 Å². The third-order valence-electron chi connectivity index (χ3n) is 6.22. The number of carbonyl (C=O) groups excluding carboxylic acids is 1. The SMILES string of the molecule is CCOc1c(C/C=C(\C)CC/C=C(\C)CS(=O)(=O)c2ccccc2)c(C)c(OC(C)=O)c2ccccc12. The Morgan fingerprint density at radius 3 is 2.11 bits per heavy atom. The summed E-state index contributed by atoms with van der Waals surface area (Å²) in [5.74, 6) is 1.06. The summed E-state index contributed by atoms with van der Waals surface area (Å²) in [6.45, 7) is 9.81. The quantitative estimate of drug-likeness (QED) is 0.152. The molecule has 0 radical (unpaired) electrons. The van der Waals surface area contributed by atoms with Gasteiger partial charge in [0.2, 0.25) is 0 Å². The number of allylic oxidation sites excluding steroid dienone is 3. The van der Waals surface area contributed by atoms with Gasteiger partial charge in [-0.25, -0.2) is 8.42 Å². The van der Waals surface area contributed by atoms with Crippen molar-refractivity contribution >= 4 is 26.6 Å². The molecule has 0 aliphatic rings. The van der Waals surface area contributed by atoms with Gasteiger partial charge < -0.3 is 9.47 Å². The van der Waals surface area contributed by atoms with Gasteiger partial charge in [0.25, 0.3) is 0 Å². The molecule has 0 N–H and O–H groups in total. The number of rotatable bonds is 11. The number of esters is 1. The van der Waals surface area contributed by atoms with E-state index >= 15 is 0 Å². The Labute approximate surface area is 220 Å². The maximum absolute atomic E-state index is 12.6. The fourth-order valence-corrected chi connectivity index (χ4v) is 5.83. The predicted octanol–water partition coefficient (Wildman–Crippen LogP) is 7.16. The normalized spacial score (nSPS) is 12.6. The molecule has 6 heteroatoms. The number of fused-ring (bicyclic) bond motifs is 1. The second-order valence-electron chi connectivity index (χ2n) is 9.25. The van der Waals surface area contributed by atoms with Crippen molar-refractivity contribution in [2.75, 3.05) is 12.4 Å². The summed E-state index contributed by atoms with van der Waals surface area (Å²) in [5.41, 5.74) is 3.92. The molecule has 0 saturated heterocycles. The van der Waals surface area contributed by atoms with Crippen LogP contribution in [0.15, 0.2) is 82.8 Å². The van der Waals surface area contributed by atoms with Crippen molar-refractivity contribution in [3.05, 3.63) is 89.0 Å². The van der Waals surface area contributed by atoms with Gasteiger partial charge in [-0.15, -0.1) is 0 Å². The molecule has 3 rings (SSSR count). The maximum atomic E-state index is 12.6. The molecule has 0 saturated carbocycles. The van der Waals surface area contributed by atoms with Gasteiger partial charge in [-0.05, 0) is 64.7 Å². The van der Waals surface area contributed by atoms with E-state index < -0.39 is 9.84 Å². The van der Waals surface area contributed by atoms with Crippen LogP contribution >= 0.6 is 0 Å². The molecule has 0 atom stereocenters. The molecule has 3 aromatic rings. The molecule has 3 aromatic carbocycles. The monoisotopic (exact) mass is 520 g/mol. The first-order valence-corrected chi connectivity index (χ1v) is 14.2. The van der Waals surface area contributed by atoms with Crippen LogP contribution in [0.4, 0.5) is 0 Å². The van der Waals surface area contributed by atoms with E-state index in [0.29, 0.717) is 23.7 Å². The molecule has 5 nitrogen and oxygen atoms in total. The standard InChI is InChI=1S/C31H36O5S/c1-6-35-31-27(24(4)30(36-25(5)32)28-17-10-11-18-29(28)31)20-19-22(2)13-12-14-23(3)21-37(33,34)26-15-8-7-9-16-26/h7-11,14-19H,6,12-13,20-21H2,1-5H3/b22-19+,23-14+. The van der Waals surface area contributed by atoms with Crippen LogP contribution in [0.25, 0.3) is 10.8 Å². The molecule has 0 fully saturated rings. The molecular weight excluding hydrogens is 484 g/mol. The predicted molar refractivity (Wildman–Crippen MR) is 150 cm³/mol. The number of sulfone groups is 1. The first-order chi connectivity index (χ1) is 17.6. The molecule has 0 spiro atoms. The first kappa shape index (κ1) is 28.2. The third kappa shape index (κ3) is 7.32. The number of ether oxygens (including phenoxy) is 2. The first-order valence-electron chi connectivity index (χ1n) is 12.6. The van der Waals surface area contributed by atoms with Gasteiger partial charge in [0.1, 0.15) is 11.5 Å². The highest BCUT2D eigenvalue weighted by Gasteiger charge is 2.19. The zero-order valence-electron chi connectivity index (χ0n) is 22.3. The number of carbonyl (C=O) groups is 1. The van der Waals surface area contributed by atoms with E-state index in [-0.39, 0.29) is 11.7 Å². The van der Waals surface area contributed by atoms with E-state index in [0.717, 1.165) is 46.1 Å².